The van der Waals surface area contributed by atoms with Crippen molar-refractivity contribution < 1.29 is 4.42 Å². The third-order valence-electron chi connectivity index (χ3n) is 11.0. The quantitative estimate of drug-likeness (QED) is 0.161. The first kappa shape index (κ1) is 31.2. The van der Waals surface area contributed by atoms with Crippen LogP contribution in [0.4, 0.5) is 34.1 Å². The van der Waals surface area contributed by atoms with Gasteiger partial charge in [0.2, 0.25) is 0 Å². The molecule has 3 heteroatoms. The monoisotopic (exact) mass is 702 g/mol. The molecule has 55 heavy (non-hydrogen) atoms. The molecule has 0 unspecified atom stereocenters. The van der Waals surface area contributed by atoms with Crippen LogP contribution in [0.5, 0.6) is 0 Å². The van der Waals surface area contributed by atoms with E-state index in [0.717, 1.165) is 56.1 Å². The predicted molar refractivity (Wildman–Crippen MR) is 233 cm³/mol. The second-order valence-corrected chi connectivity index (χ2v) is 14.1. The van der Waals surface area contributed by atoms with Gasteiger partial charge >= 0.3 is 0 Å². The lowest BCUT2D eigenvalue weighted by atomic mass is 9.90. The maximum Gasteiger partial charge on any atom is 0.159 e. The van der Waals surface area contributed by atoms with Crippen LogP contribution in [0.3, 0.4) is 0 Å². The molecular formula is C52H34N2O. The fourth-order valence-corrected chi connectivity index (χ4v) is 8.55. The predicted octanol–water partition coefficient (Wildman–Crippen LogP) is 15.1. The van der Waals surface area contributed by atoms with E-state index in [-0.39, 0.29) is 0 Å². The first-order chi connectivity index (χ1) is 27.3. The highest BCUT2D eigenvalue weighted by atomic mass is 16.3. The van der Waals surface area contributed by atoms with E-state index in [1.54, 1.807) is 0 Å². The largest absolute Gasteiger partial charge is 0.454 e. The minimum atomic E-state index is 0.875. The van der Waals surface area contributed by atoms with Crippen molar-refractivity contribution in [2.45, 2.75) is 0 Å². The molecule has 11 aromatic rings. The van der Waals surface area contributed by atoms with Crippen molar-refractivity contribution in [3.63, 3.8) is 0 Å². The Morgan fingerprint density at radius 3 is 1.51 bits per heavy atom. The molecule has 0 aliphatic carbocycles. The summed E-state index contributed by atoms with van der Waals surface area (Å²) in [5.74, 6) is 0. The molecule has 0 spiro atoms. The molecule has 3 nitrogen and oxygen atoms in total. The van der Waals surface area contributed by atoms with Gasteiger partial charge in [0.05, 0.1) is 5.69 Å². The number of anilines is 6. The Kier molecular flexibility index (Phi) is 7.17. The molecule has 0 saturated carbocycles. The average Bonchev–Trinajstić information content (AvgIpc) is 3.64. The summed E-state index contributed by atoms with van der Waals surface area (Å²) in [6, 6.07) is 73.8. The summed E-state index contributed by atoms with van der Waals surface area (Å²) in [4.78, 5) is 4.66. The lowest BCUT2D eigenvalue weighted by Crippen LogP contribution is -2.10. The van der Waals surface area contributed by atoms with Gasteiger partial charge in [0.1, 0.15) is 5.58 Å². The summed E-state index contributed by atoms with van der Waals surface area (Å²) in [5.41, 5.74) is 8.29. The van der Waals surface area contributed by atoms with Gasteiger partial charge in [-0.05, 0) is 116 Å². The minimum Gasteiger partial charge on any atom is -0.454 e. The molecular weight excluding hydrogens is 669 g/mol. The number of furan rings is 1. The Hall–Kier alpha value is -7.36. The van der Waals surface area contributed by atoms with E-state index < -0.39 is 0 Å². The van der Waals surface area contributed by atoms with Crippen LogP contribution in [0.25, 0.3) is 65.0 Å². The molecule has 0 saturated heterocycles. The van der Waals surface area contributed by atoms with Gasteiger partial charge in [-0.15, -0.1) is 0 Å². The summed E-state index contributed by atoms with van der Waals surface area (Å²) in [6.45, 7) is 0. The maximum atomic E-state index is 6.59. The number of benzene rings is 10. The molecule has 0 atom stereocenters. The molecule has 0 radical (unpaired) electrons. The van der Waals surface area contributed by atoms with Gasteiger partial charge in [0.25, 0.3) is 0 Å². The van der Waals surface area contributed by atoms with Crippen LogP contribution >= 0.6 is 0 Å². The molecule has 11 rings (SSSR count). The van der Waals surface area contributed by atoms with Gasteiger partial charge in [0.15, 0.2) is 5.58 Å². The zero-order valence-electron chi connectivity index (χ0n) is 29.9. The molecule has 258 valence electrons. The van der Waals surface area contributed by atoms with Crippen molar-refractivity contribution >= 4 is 99.2 Å². The van der Waals surface area contributed by atoms with Crippen LogP contribution < -0.4 is 9.80 Å². The fourth-order valence-electron chi connectivity index (χ4n) is 8.55. The fraction of sp³-hybridized carbons (Fsp3) is 0. The number of para-hydroxylation sites is 5. The zero-order valence-corrected chi connectivity index (χ0v) is 29.9. The highest BCUT2D eigenvalue weighted by Crippen LogP contribution is 2.46. The Balaban J connectivity index is 1.12. The van der Waals surface area contributed by atoms with E-state index in [4.69, 9.17) is 4.42 Å². The van der Waals surface area contributed by atoms with Gasteiger partial charge in [-0.2, -0.15) is 0 Å². The number of fused-ring (bicyclic) bond motifs is 11. The molecule has 0 bridgehead atoms. The van der Waals surface area contributed by atoms with Crippen molar-refractivity contribution in [3.05, 3.63) is 206 Å². The van der Waals surface area contributed by atoms with Crippen LogP contribution in [-0.4, -0.2) is 0 Å². The molecule has 1 heterocycles. The SMILES string of the molecule is c1ccc(N(c2ccccc2)c2ccc3c(ccc4c5ccc(N(c6ccccc6)c6cccc7c6oc6ccccc67)cc5c5ccccc5c34)c2)cc1. The first-order valence-electron chi connectivity index (χ1n) is 18.8. The normalized spacial score (nSPS) is 11.6. The minimum absolute atomic E-state index is 0.875. The zero-order chi connectivity index (χ0) is 36.3. The van der Waals surface area contributed by atoms with Crippen molar-refractivity contribution in [2.24, 2.45) is 0 Å². The molecule has 1 aromatic heterocycles. The molecule has 0 aliphatic rings. The van der Waals surface area contributed by atoms with E-state index in [9.17, 15) is 0 Å². The Morgan fingerprint density at radius 2 is 0.800 bits per heavy atom. The van der Waals surface area contributed by atoms with Crippen LogP contribution in [0, 0.1) is 0 Å². The molecule has 10 aromatic carbocycles. The topological polar surface area (TPSA) is 19.6 Å². The van der Waals surface area contributed by atoms with Crippen LogP contribution in [-0.2, 0) is 0 Å². The van der Waals surface area contributed by atoms with Gasteiger partial charge < -0.3 is 14.2 Å². The van der Waals surface area contributed by atoms with Crippen molar-refractivity contribution in [1.29, 1.82) is 0 Å². The van der Waals surface area contributed by atoms with Gasteiger partial charge in [-0.3, -0.25) is 0 Å². The Bertz CT molecular complexity index is 3150. The smallest absolute Gasteiger partial charge is 0.159 e. The van der Waals surface area contributed by atoms with E-state index in [1.165, 1.54) is 43.1 Å². The number of rotatable bonds is 6. The first-order valence-corrected chi connectivity index (χ1v) is 18.8. The molecule has 0 N–H and O–H groups in total. The summed E-state index contributed by atoms with van der Waals surface area (Å²) in [6.07, 6.45) is 0. The van der Waals surface area contributed by atoms with E-state index in [0.29, 0.717) is 0 Å². The van der Waals surface area contributed by atoms with Gasteiger partial charge in [0, 0.05) is 39.2 Å². The van der Waals surface area contributed by atoms with E-state index >= 15 is 0 Å². The highest BCUT2D eigenvalue weighted by molar-refractivity contribution is 6.32. The maximum absolute atomic E-state index is 6.59. The van der Waals surface area contributed by atoms with Crippen molar-refractivity contribution in [1.82, 2.24) is 0 Å². The van der Waals surface area contributed by atoms with Crippen molar-refractivity contribution in [3.8, 4) is 0 Å². The second kappa shape index (κ2) is 12.6. The van der Waals surface area contributed by atoms with E-state index in [1.807, 2.05) is 12.1 Å². The Morgan fingerprint density at radius 1 is 0.291 bits per heavy atom. The van der Waals surface area contributed by atoms with Crippen LogP contribution in [0.2, 0.25) is 0 Å². The lowest BCUT2D eigenvalue weighted by molar-refractivity contribution is 0.669. The van der Waals surface area contributed by atoms with Gasteiger partial charge in [-0.25, -0.2) is 0 Å². The average molecular weight is 703 g/mol. The third kappa shape index (κ3) is 5.05. The van der Waals surface area contributed by atoms with Gasteiger partial charge in [-0.1, -0.05) is 133 Å². The standard InChI is InChI=1S/C52H34N2O/c1-4-15-36(16-5-1)53(37-17-6-2-7-18-37)39-28-31-41-35(33-39)27-30-46-43-32-29-40(34-48(43)42-21-10-11-23-45(42)51(41)46)54(38-19-8-3-9-20-38)49-25-14-24-47-44-22-12-13-26-50(44)55-52(47)49/h1-34H. The van der Waals surface area contributed by atoms with Crippen molar-refractivity contribution in [2.75, 3.05) is 9.80 Å². The van der Waals surface area contributed by atoms with E-state index in [2.05, 4.69) is 204 Å². The summed E-state index contributed by atoms with van der Waals surface area (Å²) in [5, 5.41) is 12.1. The van der Waals surface area contributed by atoms with Crippen LogP contribution in [0.15, 0.2) is 211 Å². The summed E-state index contributed by atoms with van der Waals surface area (Å²) in [7, 11) is 0. The third-order valence-corrected chi connectivity index (χ3v) is 11.0. The number of hydrogen-bond donors (Lipinski definition) is 0. The highest BCUT2D eigenvalue weighted by Gasteiger charge is 2.21. The lowest BCUT2D eigenvalue weighted by Gasteiger charge is -2.26. The summed E-state index contributed by atoms with van der Waals surface area (Å²) < 4.78 is 6.59. The Labute approximate surface area is 318 Å². The molecule has 0 amide bonds. The van der Waals surface area contributed by atoms with Crippen LogP contribution in [0.1, 0.15) is 0 Å². The molecule has 0 fully saturated rings. The second-order valence-electron chi connectivity index (χ2n) is 14.1. The summed E-state index contributed by atoms with van der Waals surface area (Å²) >= 11 is 0. The number of hydrogen-bond acceptors (Lipinski definition) is 3. The number of nitrogens with zero attached hydrogens (tertiary/aromatic N) is 2. The molecule has 0 aliphatic heterocycles.